The molecule has 0 saturated heterocycles. The number of rotatable bonds is 4. The molecule has 2 aromatic rings. The van der Waals surface area contributed by atoms with Crippen LogP contribution >= 0.6 is 0 Å². The minimum atomic E-state index is -1.15. The van der Waals surface area contributed by atoms with Crippen LogP contribution in [-0.4, -0.2) is 31.0 Å². The van der Waals surface area contributed by atoms with Crippen LogP contribution in [0, 0.1) is 10.1 Å². The standard InChI is InChI=1S/C11H10N4O4/c1-2-9-10(11(16)17)12-13-14(9)7-3-5-8(6-4-7)15(18)19/h3-6H,2H2,1H3,(H,16,17). The highest BCUT2D eigenvalue weighted by molar-refractivity contribution is 5.86. The van der Waals surface area contributed by atoms with E-state index in [9.17, 15) is 14.9 Å². The minimum absolute atomic E-state index is 0.0413. The summed E-state index contributed by atoms with van der Waals surface area (Å²) in [6.07, 6.45) is 0.436. The van der Waals surface area contributed by atoms with Crippen molar-refractivity contribution in [3.05, 3.63) is 45.8 Å². The Bertz CT molecular complexity index is 633. The van der Waals surface area contributed by atoms with Crippen LogP contribution in [0.2, 0.25) is 0 Å². The molecule has 0 fully saturated rings. The van der Waals surface area contributed by atoms with E-state index in [1.54, 1.807) is 6.92 Å². The van der Waals surface area contributed by atoms with Crippen molar-refractivity contribution in [2.24, 2.45) is 0 Å². The zero-order chi connectivity index (χ0) is 14.0. The predicted octanol–water partition coefficient (Wildman–Crippen LogP) is 1.44. The van der Waals surface area contributed by atoms with Crippen LogP contribution in [0.3, 0.4) is 0 Å². The summed E-state index contributed by atoms with van der Waals surface area (Å²) < 4.78 is 1.37. The first-order valence-corrected chi connectivity index (χ1v) is 5.47. The monoisotopic (exact) mass is 262 g/mol. The Morgan fingerprint density at radius 2 is 2.05 bits per heavy atom. The Kier molecular flexibility index (Phi) is 3.23. The van der Waals surface area contributed by atoms with E-state index >= 15 is 0 Å². The summed E-state index contributed by atoms with van der Waals surface area (Å²) in [5.41, 5.74) is 0.824. The molecule has 2 rings (SSSR count). The molecule has 19 heavy (non-hydrogen) atoms. The lowest BCUT2D eigenvalue weighted by Crippen LogP contribution is -2.05. The number of carboxylic acids is 1. The average molecular weight is 262 g/mol. The van der Waals surface area contributed by atoms with Crippen molar-refractivity contribution in [2.75, 3.05) is 0 Å². The molecular formula is C11H10N4O4. The van der Waals surface area contributed by atoms with Crippen molar-refractivity contribution >= 4 is 11.7 Å². The van der Waals surface area contributed by atoms with Crippen molar-refractivity contribution in [3.63, 3.8) is 0 Å². The number of benzene rings is 1. The molecule has 0 radical (unpaired) electrons. The second-order valence-corrected chi connectivity index (χ2v) is 3.73. The molecule has 8 heteroatoms. The zero-order valence-corrected chi connectivity index (χ0v) is 9.98. The summed E-state index contributed by atoms with van der Waals surface area (Å²) in [4.78, 5) is 21.0. The molecule has 0 aliphatic rings. The maximum absolute atomic E-state index is 11.0. The van der Waals surface area contributed by atoms with Gasteiger partial charge in [0.2, 0.25) is 0 Å². The third-order valence-electron chi connectivity index (χ3n) is 2.61. The summed E-state index contributed by atoms with van der Waals surface area (Å²) in [6.45, 7) is 1.78. The van der Waals surface area contributed by atoms with Crippen molar-refractivity contribution in [3.8, 4) is 5.69 Å². The number of hydrogen-bond acceptors (Lipinski definition) is 5. The Hall–Kier alpha value is -2.77. The summed E-state index contributed by atoms with van der Waals surface area (Å²) in [5.74, 6) is -1.15. The summed E-state index contributed by atoms with van der Waals surface area (Å²) in [6, 6.07) is 5.66. The smallest absolute Gasteiger partial charge is 0.358 e. The van der Waals surface area contributed by atoms with Crippen molar-refractivity contribution in [1.82, 2.24) is 15.0 Å². The number of nitro groups is 1. The molecule has 1 aromatic heterocycles. The van der Waals surface area contributed by atoms with E-state index in [1.165, 1.54) is 28.9 Å². The summed E-state index contributed by atoms with van der Waals surface area (Å²) in [7, 11) is 0. The van der Waals surface area contributed by atoms with Gasteiger partial charge in [-0.2, -0.15) is 0 Å². The number of aromatic carboxylic acids is 1. The molecular weight excluding hydrogens is 252 g/mol. The van der Waals surface area contributed by atoms with Gasteiger partial charge >= 0.3 is 5.97 Å². The first-order valence-electron chi connectivity index (χ1n) is 5.47. The number of non-ortho nitro benzene ring substituents is 1. The quantitative estimate of drug-likeness (QED) is 0.659. The van der Waals surface area contributed by atoms with E-state index in [4.69, 9.17) is 5.11 Å². The molecule has 0 saturated carbocycles. The predicted molar refractivity (Wildman–Crippen MR) is 64.4 cm³/mol. The molecule has 1 aromatic carbocycles. The highest BCUT2D eigenvalue weighted by Gasteiger charge is 2.18. The van der Waals surface area contributed by atoms with E-state index in [2.05, 4.69) is 10.3 Å². The molecule has 0 unspecified atom stereocenters. The van der Waals surface area contributed by atoms with Gasteiger partial charge in [-0.25, -0.2) is 9.48 Å². The van der Waals surface area contributed by atoms with Gasteiger partial charge in [0.1, 0.15) is 0 Å². The van der Waals surface area contributed by atoms with Gasteiger partial charge in [-0.1, -0.05) is 12.1 Å². The van der Waals surface area contributed by atoms with Gasteiger partial charge in [0.15, 0.2) is 5.69 Å². The molecule has 98 valence electrons. The number of nitrogens with zero attached hydrogens (tertiary/aromatic N) is 4. The van der Waals surface area contributed by atoms with Crippen molar-refractivity contribution < 1.29 is 14.8 Å². The normalized spacial score (nSPS) is 10.4. The van der Waals surface area contributed by atoms with E-state index in [0.717, 1.165) is 0 Å². The largest absolute Gasteiger partial charge is 0.476 e. The number of carboxylic acid groups (broad SMARTS) is 1. The topological polar surface area (TPSA) is 111 Å². The fraction of sp³-hybridized carbons (Fsp3) is 0.182. The second kappa shape index (κ2) is 4.84. The van der Waals surface area contributed by atoms with E-state index in [1.807, 2.05) is 0 Å². The maximum atomic E-state index is 11.0. The number of carbonyl (C=O) groups is 1. The Morgan fingerprint density at radius 3 is 2.53 bits per heavy atom. The van der Waals surface area contributed by atoms with Crippen LogP contribution in [0.4, 0.5) is 5.69 Å². The van der Waals surface area contributed by atoms with Gasteiger partial charge in [-0.3, -0.25) is 10.1 Å². The van der Waals surface area contributed by atoms with Gasteiger partial charge in [-0.15, -0.1) is 5.10 Å². The van der Waals surface area contributed by atoms with Crippen LogP contribution in [-0.2, 0) is 6.42 Å². The lowest BCUT2D eigenvalue weighted by molar-refractivity contribution is -0.384. The van der Waals surface area contributed by atoms with E-state index in [0.29, 0.717) is 17.8 Å². The van der Waals surface area contributed by atoms with Crippen LogP contribution in [0.25, 0.3) is 5.69 Å². The zero-order valence-electron chi connectivity index (χ0n) is 9.98. The average Bonchev–Trinajstić information content (AvgIpc) is 2.82. The number of nitro benzene ring substituents is 1. The molecule has 0 atom stereocenters. The molecule has 1 N–H and O–H groups in total. The van der Waals surface area contributed by atoms with Gasteiger partial charge in [-0.05, 0) is 18.6 Å². The van der Waals surface area contributed by atoms with Crippen LogP contribution in [0.1, 0.15) is 23.1 Å². The van der Waals surface area contributed by atoms with Crippen molar-refractivity contribution in [2.45, 2.75) is 13.3 Å². The maximum Gasteiger partial charge on any atom is 0.358 e. The summed E-state index contributed by atoms with van der Waals surface area (Å²) in [5, 5.41) is 26.9. The van der Waals surface area contributed by atoms with Gasteiger partial charge in [0, 0.05) is 12.1 Å². The minimum Gasteiger partial charge on any atom is -0.476 e. The lowest BCUT2D eigenvalue weighted by Gasteiger charge is -2.04. The molecule has 0 spiro atoms. The van der Waals surface area contributed by atoms with Crippen LogP contribution in [0.15, 0.2) is 24.3 Å². The van der Waals surface area contributed by atoms with Crippen molar-refractivity contribution in [1.29, 1.82) is 0 Å². The Morgan fingerprint density at radius 1 is 1.42 bits per heavy atom. The molecule has 8 nitrogen and oxygen atoms in total. The first-order chi connectivity index (χ1) is 9.04. The molecule has 1 heterocycles. The lowest BCUT2D eigenvalue weighted by atomic mass is 10.2. The second-order valence-electron chi connectivity index (χ2n) is 3.73. The fourth-order valence-corrected chi connectivity index (χ4v) is 1.71. The third kappa shape index (κ3) is 2.28. The fourth-order valence-electron chi connectivity index (χ4n) is 1.71. The molecule has 0 amide bonds. The van der Waals surface area contributed by atoms with Crippen LogP contribution in [0.5, 0.6) is 0 Å². The summed E-state index contributed by atoms with van der Waals surface area (Å²) >= 11 is 0. The number of aromatic nitrogens is 3. The van der Waals surface area contributed by atoms with E-state index in [-0.39, 0.29) is 11.4 Å². The number of hydrogen-bond donors (Lipinski definition) is 1. The van der Waals surface area contributed by atoms with E-state index < -0.39 is 10.9 Å². The third-order valence-corrected chi connectivity index (χ3v) is 2.61. The highest BCUT2D eigenvalue weighted by atomic mass is 16.6. The van der Waals surface area contributed by atoms with Gasteiger partial charge < -0.3 is 5.11 Å². The van der Waals surface area contributed by atoms with Gasteiger partial charge in [0.25, 0.3) is 5.69 Å². The Labute approximate surface area is 107 Å². The highest BCUT2D eigenvalue weighted by Crippen LogP contribution is 2.17. The van der Waals surface area contributed by atoms with Crippen LogP contribution < -0.4 is 0 Å². The Balaban J connectivity index is 2.47. The van der Waals surface area contributed by atoms with Gasteiger partial charge in [0.05, 0.1) is 16.3 Å². The molecule has 0 aliphatic carbocycles. The SMILES string of the molecule is CCc1c(C(=O)O)nnn1-c1ccc([N+](=O)[O-])cc1. The first kappa shape index (κ1) is 12.7. The molecule has 0 bridgehead atoms. The molecule has 0 aliphatic heterocycles.